The minimum absolute atomic E-state index is 0.0947. The number of hydrogen-bond acceptors (Lipinski definition) is 7. The van der Waals surface area contributed by atoms with Gasteiger partial charge in [-0.15, -0.1) is 11.3 Å². The van der Waals surface area contributed by atoms with E-state index in [-0.39, 0.29) is 6.04 Å². The van der Waals surface area contributed by atoms with E-state index >= 15 is 0 Å². The summed E-state index contributed by atoms with van der Waals surface area (Å²) in [5, 5.41) is 4.46. The molecule has 0 aliphatic rings. The van der Waals surface area contributed by atoms with Gasteiger partial charge in [0, 0.05) is 17.3 Å². The number of hydrogen-bond donors (Lipinski definition) is 3. The van der Waals surface area contributed by atoms with E-state index in [4.69, 9.17) is 5.84 Å². The molecule has 0 aliphatic heterocycles. The van der Waals surface area contributed by atoms with Crippen molar-refractivity contribution in [2.45, 2.75) is 26.8 Å². The third kappa shape index (κ3) is 2.55. The molecular weight excluding hydrogens is 286 g/mol. The SMILES string of the molecule is Cc1nc(C)c(C(C)Nc2nc(NN)cn3ccnc23)s1. The first-order chi connectivity index (χ1) is 10.1. The molecule has 7 nitrogen and oxygen atoms in total. The molecule has 3 aromatic rings. The molecule has 0 amide bonds. The predicted octanol–water partition coefficient (Wildman–Crippen LogP) is 2.26. The van der Waals surface area contributed by atoms with Crippen LogP contribution >= 0.6 is 11.3 Å². The number of nitrogens with one attached hydrogen (secondary N) is 2. The lowest BCUT2D eigenvalue weighted by atomic mass is 10.2. The number of imidazole rings is 1. The Hall–Kier alpha value is -2.19. The number of nitrogens with zero attached hydrogens (tertiary/aromatic N) is 4. The van der Waals surface area contributed by atoms with Crippen LogP contribution in [-0.2, 0) is 0 Å². The molecule has 0 aromatic carbocycles. The Kier molecular flexibility index (Phi) is 3.48. The predicted molar refractivity (Wildman–Crippen MR) is 84.4 cm³/mol. The van der Waals surface area contributed by atoms with E-state index in [0.29, 0.717) is 11.6 Å². The fraction of sp³-hybridized carbons (Fsp3) is 0.308. The number of nitrogen functional groups attached to an aromatic ring is 1. The summed E-state index contributed by atoms with van der Waals surface area (Å²) in [4.78, 5) is 14.4. The van der Waals surface area contributed by atoms with Crippen LogP contribution in [-0.4, -0.2) is 19.4 Å². The Morgan fingerprint density at radius 3 is 2.81 bits per heavy atom. The molecule has 0 fully saturated rings. The molecule has 0 aliphatic carbocycles. The van der Waals surface area contributed by atoms with E-state index in [9.17, 15) is 0 Å². The summed E-state index contributed by atoms with van der Waals surface area (Å²) < 4.78 is 1.88. The van der Waals surface area contributed by atoms with Crippen LogP contribution in [0.1, 0.15) is 28.5 Å². The lowest BCUT2D eigenvalue weighted by Crippen LogP contribution is -2.13. The molecule has 110 valence electrons. The Morgan fingerprint density at radius 2 is 2.14 bits per heavy atom. The van der Waals surface area contributed by atoms with Gasteiger partial charge in [0.15, 0.2) is 17.3 Å². The van der Waals surface area contributed by atoms with E-state index in [0.717, 1.165) is 16.3 Å². The first-order valence-corrected chi connectivity index (χ1v) is 7.41. The third-order valence-electron chi connectivity index (χ3n) is 3.21. The van der Waals surface area contributed by atoms with Crippen LogP contribution in [0.3, 0.4) is 0 Å². The lowest BCUT2D eigenvalue weighted by Gasteiger charge is -2.15. The highest BCUT2D eigenvalue weighted by Crippen LogP contribution is 2.28. The number of aromatic nitrogens is 4. The monoisotopic (exact) mass is 303 g/mol. The van der Waals surface area contributed by atoms with Crippen LogP contribution < -0.4 is 16.6 Å². The average molecular weight is 303 g/mol. The second-order valence-corrected chi connectivity index (χ2v) is 6.06. The van der Waals surface area contributed by atoms with Crippen molar-refractivity contribution in [3.8, 4) is 0 Å². The zero-order valence-electron chi connectivity index (χ0n) is 12.1. The van der Waals surface area contributed by atoms with Crippen LogP contribution in [0.5, 0.6) is 0 Å². The van der Waals surface area contributed by atoms with Gasteiger partial charge in [-0.1, -0.05) is 0 Å². The average Bonchev–Trinajstić information content (AvgIpc) is 3.04. The van der Waals surface area contributed by atoms with Crippen molar-refractivity contribution in [2.24, 2.45) is 5.84 Å². The molecule has 3 aromatic heterocycles. The van der Waals surface area contributed by atoms with Crippen LogP contribution in [0.4, 0.5) is 11.6 Å². The van der Waals surface area contributed by atoms with Gasteiger partial charge in [-0.25, -0.2) is 20.8 Å². The Labute approximate surface area is 126 Å². The zero-order chi connectivity index (χ0) is 15.0. The fourth-order valence-corrected chi connectivity index (χ4v) is 3.25. The molecular formula is C13H17N7S. The van der Waals surface area contributed by atoms with E-state index < -0.39 is 0 Å². The van der Waals surface area contributed by atoms with Gasteiger partial charge in [0.1, 0.15) is 0 Å². The summed E-state index contributed by atoms with van der Waals surface area (Å²) in [7, 11) is 0. The first-order valence-electron chi connectivity index (χ1n) is 6.59. The maximum Gasteiger partial charge on any atom is 0.180 e. The van der Waals surface area contributed by atoms with Gasteiger partial charge < -0.3 is 15.1 Å². The third-order valence-corrected chi connectivity index (χ3v) is 4.46. The van der Waals surface area contributed by atoms with Gasteiger partial charge in [0.25, 0.3) is 0 Å². The molecule has 3 heterocycles. The van der Waals surface area contributed by atoms with Crippen molar-refractivity contribution in [3.05, 3.63) is 34.2 Å². The molecule has 0 saturated heterocycles. The Bertz CT molecular complexity index is 776. The molecule has 3 rings (SSSR count). The standard InChI is InChI=1S/C13H17N7S/c1-7-11(21-9(3)16-7)8(2)17-12-13-15-4-5-20(13)6-10(18-12)19-14/h4-6,8,19H,14H2,1-3H3,(H,17,18). The Morgan fingerprint density at radius 1 is 1.33 bits per heavy atom. The topological polar surface area (TPSA) is 93.2 Å². The largest absolute Gasteiger partial charge is 0.359 e. The molecule has 0 radical (unpaired) electrons. The number of rotatable bonds is 4. The van der Waals surface area contributed by atoms with Crippen molar-refractivity contribution >= 4 is 28.6 Å². The van der Waals surface area contributed by atoms with E-state index in [1.54, 1.807) is 23.7 Å². The maximum atomic E-state index is 5.47. The number of fused-ring (bicyclic) bond motifs is 1. The highest BCUT2D eigenvalue weighted by molar-refractivity contribution is 7.11. The van der Waals surface area contributed by atoms with E-state index in [1.807, 2.05) is 24.4 Å². The minimum atomic E-state index is 0.0947. The molecule has 0 bridgehead atoms. The number of aryl methyl sites for hydroxylation is 2. The number of thiazole rings is 1. The lowest BCUT2D eigenvalue weighted by molar-refractivity contribution is 0.877. The number of anilines is 2. The highest BCUT2D eigenvalue weighted by Gasteiger charge is 2.16. The van der Waals surface area contributed by atoms with E-state index in [1.165, 1.54) is 4.88 Å². The van der Waals surface area contributed by atoms with Gasteiger partial charge in [-0.2, -0.15) is 0 Å². The Balaban J connectivity index is 1.97. The summed E-state index contributed by atoms with van der Waals surface area (Å²) >= 11 is 1.69. The maximum absolute atomic E-state index is 5.47. The normalized spacial score (nSPS) is 12.6. The summed E-state index contributed by atoms with van der Waals surface area (Å²) in [6.45, 7) is 6.12. The van der Waals surface area contributed by atoms with Crippen LogP contribution in [0.25, 0.3) is 5.65 Å². The quantitative estimate of drug-likeness (QED) is 0.506. The molecule has 21 heavy (non-hydrogen) atoms. The molecule has 1 atom stereocenters. The highest BCUT2D eigenvalue weighted by atomic mass is 32.1. The van der Waals surface area contributed by atoms with Crippen molar-refractivity contribution in [3.63, 3.8) is 0 Å². The van der Waals surface area contributed by atoms with Crippen molar-refractivity contribution in [1.29, 1.82) is 0 Å². The fourth-order valence-electron chi connectivity index (χ4n) is 2.32. The van der Waals surface area contributed by atoms with Crippen molar-refractivity contribution in [2.75, 3.05) is 10.7 Å². The van der Waals surface area contributed by atoms with Gasteiger partial charge in [0.05, 0.1) is 22.9 Å². The second-order valence-electron chi connectivity index (χ2n) is 4.83. The smallest absolute Gasteiger partial charge is 0.180 e. The van der Waals surface area contributed by atoms with E-state index in [2.05, 4.69) is 32.6 Å². The molecule has 4 N–H and O–H groups in total. The zero-order valence-corrected chi connectivity index (χ0v) is 12.9. The summed E-state index contributed by atoms with van der Waals surface area (Å²) in [6, 6.07) is 0.0947. The van der Waals surface area contributed by atoms with Gasteiger partial charge >= 0.3 is 0 Å². The van der Waals surface area contributed by atoms with Gasteiger partial charge in [-0.05, 0) is 20.8 Å². The van der Waals surface area contributed by atoms with Crippen LogP contribution in [0.2, 0.25) is 0 Å². The summed E-state index contributed by atoms with van der Waals surface area (Å²) in [5.74, 6) is 6.73. The number of hydrazine groups is 1. The minimum Gasteiger partial charge on any atom is -0.359 e. The second kappa shape index (κ2) is 5.30. The van der Waals surface area contributed by atoms with Crippen LogP contribution in [0.15, 0.2) is 18.6 Å². The first kappa shape index (κ1) is 13.8. The number of nitrogens with two attached hydrogens (primary N) is 1. The van der Waals surface area contributed by atoms with Crippen LogP contribution in [0, 0.1) is 13.8 Å². The van der Waals surface area contributed by atoms with Crippen molar-refractivity contribution in [1.82, 2.24) is 19.4 Å². The summed E-state index contributed by atoms with van der Waals surface area (Å²) in [5.41, 5.74) is 4.38. The molecule has 0 saturated carbocycles. The van der Waals surface area contributed by atoms with Gasteiger partial charge in [-0.3, -0.25) is 0 Å². The molecule has 0 spiro atoms. The molecule has 8 heteroatoms. The molecule has 1 unspecified atom stereocenters. The summed E-state index contributed by atoms with van der Waals surface area (Å²) in [6.07, 6.45) is 5.38. The van der Waals surface area contributed by atoms with Gasteiger partial charge in [0.2, 0.25) is 0 Å². The van der Waals surface area contributed by atoms with Crippen molar-refractivity contribution < 1.29 is 0 Å².